The fourth-order valence-electron chi connectivity index (χ4n) is 0.871. The van der Waals surface area contributed by atoms with Crippen LogP contribution in [-0.2, 0) is 0 Å². The zero-order chi connectivity index (χ0) is 9.84. The highest BCUT2D eigenvalue weighted by Gasteiger charge is 2.14. The van der Waals surface area contributed by atoms with Gasteiger partial charge in [0.25, 0.3) is 0 Å². The standard InChI is InChI=1S/C7H7FN2O3/c8-7-3-5(1-2-9-7)6(11)4-10(12)13/h1-3,6,11H,4H2. The van der Waals surface area contributed by atoms with E-state index < -0.39 is 23.5 Å². The minimum atomic E-state index is -1.28. The number of halogens is 1. The largest absolute Gasteiger partial charge is 0.382 e. The maximum Gasteiger partial charge on any atom is 0.233 e. The first-order valence-corrected chi connectivity index (χ1v) is 3.51. The lowest BCUT2D eigenvalue weighted by Crippen LogP contribution is -2.12. The van der Waals surface area contributed by atoms with Crippen LogP contribution in [0, 0.1) is 16.1 Å². The zero-order valence-electron chi connectivity index (χ0n) is 6.55. The van der Waals surface area contributed by atoms with Gasteiger partial charge < -0.3 is 5.11 Å². The lowest BCUT2D eigenvalue weighted by Gasteiger charge is -2.04. The molecule has 1 unspecified atom stereocenters. The lowest BCUT2D eigenvalue weighted by molar-refractivity contribution is -0.491. The van der Waals surface area contributed by atoms with Crippen molar-refractivity contribution >= 4 is 0 Å². The van der Waals surface area contributed by atoms with Crippen LogP contribution in [0.15, 0.2) is 18.3 Å². The summed E-state index contributed by atoms with van der Waals surface area (Å²) in [7, 11) is 0. The molecule has 1 atom stereocenters. The molecule has 5 nitrogen and oxygen atoms in total. The number of hydrogen-bond acceptors (Lipinski definition) is 4. The number of aromatic nitrogens is 1. The maximum absolute atomic E-state index is 12.5. The molecule has 1 rings (SSSR count). The summed E-state index contributed by atoms with van der Waals surface area (Å²) in [6.07, 6.45) is -0.138. The minimum Gasteiger partial charge on any atom is -0.382 e. The average molecular weight is 186 g/mol. The van der Waals surface area contributed by atoms with Crippen molar-refractivity contribution in [1.82, 2.24) is 4.98 Å². The molecule has 0 aliphatic heterocycles. The molecule has 1 aromatic heterocycles. The van der Waals surface area contributed by atoms with Gasteiger partial charge in [-0.25, -0.2) is 4.98 Å². The van der Waals surface area contributed by atoms with E-state index in [1.54, 1.807) is 0 Å². The van der Waals surface area contributed by atoms with Crippen LogP contribution in [0.3, 0.4) is 0 Å². The molecule has 0 aliphatic carbocycles. The Morgan fingerprint density at radius 2 is 2.46 bits per heavy atom. The Bertz CT molecular complexity index is 318. The summed E-state index contributed by atoms with van der Waals surface area (Å²) in [5, 5.41) is 19.2. The fraction of sp³-hybridized carbons (Fsp3) is 0.286. The molecular weight excluding hydrogens is 179 g/mol. The highest BCUT2D eigenvalue weighted by molar-refractivity contribution is 5.13. The Balaban J connectivity index is 2.76. The predicted molar refractivity (Wildman–Crippen MR) is 41.0 cm³/mol. The smallest absolute Gasteiger partial charge is 0.233 e. The van der Waals surface area contributed by atoms with Crippen molar-refractivity contribution < 1.29 is 14.4 Å². The highest BCUT2D eigenvalue weighted by atomic mass is 19.1. The monoisotopic (exact) mass is 186 g/mol. The third-order valence-corrected chi connectivity index (χ3v) is 1.46. The minimum absolute atomic E-state index is 0.157. The molecule has 0 fully saturated rings. The molecule has 6 heteroatoms. The van der Waals surface area contributed by atoms with Crippen molar-refractivity contribution in [2.45, 2.75) is 6.10 Å². The Morgan fingerprint density at radius 3 is 3.00 bits per heavy atom. The van der Waals surface area contributed by atoms with Crippen molar-refractivity contribution in [2.24, 2.45) is 0 Å². The highest BCUT2D eigenvalue weighted by Crippen LogP contribution is 2.12. The summed E-state index contributed by atoms with van der Waals surface area (Å²) in [6.45, 7) is -0.635. The molecule has 1 aromatic rings. The number of pyridine rings is 1. The van der Waals surface area contributed by atoms with E-state index in [-0.39, 0.29) is 5.56 Å². The van der Waals surface area contributed by atoms with Crippen molar-refractivity contribution in [3.05, 3.63) is 40.0 Å². The summed E-state index contributed by atoms with van der Waals surface area (Å²) >= 11 is 0. The van der Waals surface area contributed by atoms with E-state index >= 15 is 0 Å². The molecule has 13 heavy (non-hydrogen) atoms. The summed E-state index contributed by atoms with van der Waals surface area (Å²) < 4.78 is 12.5. The van der Waals surface area contributed by atoms with E-state index in [1.807, 2.05) is 0 Å². The molecule has 0 saturated heterocycles. The van der Waals surface area contributed by atoms with E-state index in [0.29, 0.717) is 0 Å². The molecule has 0 bridgehead atoms. The van der Waals surface area contributed by atoms with Gasteiger partial charge in [-0.15, -0.1) is 0 Å². The van der Waals surface area contributed by atoms with Crippen molar-refractivity contribution in [3.63, 3.8) is 0 Å². The van der Waals surface area contributed by atoms with Crippen LogP contribution >= 0.6 is 0 Å². The SMILES string of the molecule is O=[N+]([O-])CC(O)c1ccnc(F)c1. The van der Waals surface area contributed by atoms with Crippen LogP contribution in [0.4, 0.5) is 4.39 Å². The van der Waals surface area contributed by atoms with E-state index in [2.05, 4.69) is 4.98 Å². The molecule has 0 radical (unpaired) electrons. The number of aliphatic hydroxyl groups excluding tert-OH is 1. The predicted octanol–water partition coefficient (Wildman–Crippen LogP) is 0.531. The summed E-state index contributed by atoms with van der Waals surface area (Å²) in [5.74, 6) is -0.764. The topological polar surface area (TPSA) is 76.3 Å². The Hall–Kier alpha value is -1.56. The van der Waals surface area contributed by atoms with E-state index in [0.717, 1.165) is 12.3 Å². The molecule has 70 valence electrons. The van der Waals surface area contributed by atoms with Gasteiger partial charge in [0.1, 0.15) is 6.10 Å². The second kappa shape index (κ2) is 3.90. The second-order valence-electron chi connectivity index (χ2n) is 2.44. The van der Waals surface area contributed by atoms with Crippen LogP contribution < -0.4 is 0 Å². The van der Waals surface area contributed by atoms with Crippen LogP contribution in [-0.4, -0.2) is 21.6 Å². The zero-order valence-corrected chi connectivity index (χ0v) is 6.55. The van der Waals surface area contributed by atoms with E-state index in [9.17, 15) is 19.6 Å². The molecule has 0 aromatic carbocycles. The first-order chi connectivity index (χ1) is 6.09. The quantitative estimate of drug-likeness (QED) is 0.424. The molecular formula is C7H7FN2O3. The Labute approximate surface area is 73.0 Å². The number of nitro groups is 1. The lowest BCUT2D eigenvalue weighted by atomic mass is 10.1. The van der Waals surface area contributed by atoms with Gasteiger partial charge >= 0.3 is 0 Å². The van der Waals surface area contributed by atoms with Gasteiger partial charge in [-0.05, 0) is 17.7 Å². The third kappa shape index (κ3) is 2.75. The van der Waals surface area contributed by atoms with Crippen LogP contribution in [0.2, 0.25) is 0 Å². The van der Waals surface area contributed by atoms with Crippen molar-refractivity contribution in [3.8, 4) is 0 Å². The van der Waals surface area contributed by atoms with Gasteiger partial charge in [-0.1, -0.05) is 0 Å². The summed E-state index contributed by atoms with van der Waals surface area (Å²) in [4.78, 5) is 12.6. The normalized spacial score (nSPS) is 12.5. The number of aliphatic hydroxyl groups is 1. The third-order valence-electron chi connectivity index (χ3n) is 1.46. The number of rotatable bonds is 3. The molecule has 0 saturated carbocycles. The van der Waals surface area contributed by atoms with Gasteiger partial charge in [0, 0.05) is 11.1 Å². The van der Waals surface area contributed by atoms with Crippen LogP contribution in [0.1, 0.15) is 11.7 Å². The first-order valence-electron chi connectivity index (χ1n) is 3.51. The molecule has 0 aliphatic rings. The maximum atomic E-state index is 12.5. The van der Waals surface area contributed by atoms with E-state index in [4.69, 9.17) is 0 Å². The van der Waals surface area contributed by atoms with Crippen LogP contribution in [0.5, 0.6) is 0 Å². The van der Waals surface area contributed by atoms with Crippen molar-refractivity contribution in [2.75, 3.05) is 6.54 Å². The summed E-state index contributed by atoms with van der Waals surface area (Å²) in [5.41, 5.74) is 0.157. The average Bonchev–Trinajstić information content (AvgIpc) is 2.03. The summed E-state index contributed by atoms with van der Waals surface area (Å²) in [6, 6.07) is 2.30. The number of nitrogens with zero attached hydrogens (tertiary/aromatic N) is 2. The van der Waals surface area contributed by atoms with Gasteiger partial charge in [0.05, 0.1) is 0 Å². The molecule has 0 spiro atoms. The second-order valence-corrected chi connectivity index (χ2v) is 2.44. The molecule has 1 N–H and O–H groups in total. The van der Waals surface area contributed by atoms with Crippen molar-refractivity contribution in [1.29, 1.82) is 0 Å². The Morgan fingerprint density at radius 1 is 1.77 bits per heavy atom. The van der Waals surface area contributed by atoms with Gasteiger partial charge in [0.2, 0.25) is 12.5 Å². The fourth-order valence-corrected chi connectivity index (χ4v) is 0.871. The first kappa shape index (κ1) is 9.53. The molecule has 1 heterocycles. The van der Waals surface area contributed by atoms with Gasteiger partial charge in [-0.3, -0.25) is 10.1 Å². The Kier molecular flexibility index (Phi) is 2.86. The van der Waals surface area contributed by atoms with Gasteiger partial charge in [0.15, 0.2) is 0 Å². The van der Waals surface area contributed by atoms with Gasteiger partial charge in [-0.2, -0.15) is 4.39 Å². The van der Waals surface area contributed by atoms with E-state index in [1.165, 1.54) is 6.07 Å². The van der Waals surface area contributed by atoms with Crippen LogP contribution in [0.25, 0.3) is 0 Å². The molecule has 0 amide bonds. The number of hydrogen-bond donors (Lipinski definition) is 1.